The molecule has 4 aliphatic rings. The highest BCUT2D eigenvalue weighted by Crippen LogP contribution is 2.65. The van der Waals surface area contributed by atoms with Gasteiger partial charge in [0.05, 0.1) is 0 Å². The SMILES string of the molecule is CC(=O)O[C@@H]1CC[C@@]2(C)[C@H](CC(=O)[C@H]3[C@H]4CC[C@H](OC(C)=O)[C@@]4(C)CC[C@@H]32)C1. The molecule has 0 unspecified atom stereocenters. The largest absolute Gasteiger partial charge is 0.463 e. The molecule has 4 rings (SSSR count). The van der Waals surface area contributed by atoms with Crippen molar-refractivity contribution in [2.24, 2.45) is 34.5 Å². The van der Waals surface area contributed by atoms with E-state index in [1.807, 2.05) is 0 Å². The number of ketones is 1. The Hall–Kier alpha value is -1.39. The summed E-state index contributed by atoms with van der Waals surface area (Å²) >= 11 is 0. The quantitative estimate of drug-likeness (QED) is 0.665. The summed E-state index contributed by atoms with van der Waals surface area (Å²) < 4.78 is 11.2. The topological polar surface area (TPSA) is 69.7 Å². The van der Waals surface area contributed by atoms with Crippen LogP contribution in [0.3, 0.4) is 0 Å². The van der Waals surface area contributed by atoms with Crippen molar-refractivity contribution in [3.05, 3.63) is 0 Å². The molecule has 0 saturated heterocycles. The Bertz CT molecular complexity index is 686. The number of esters is 2. The highest BCUT2D eigenvalue weighted by atomic mass is 16.5. The number of hydrogen-bond acceptors (Lipinski definition) is 5. The van der Waals surface area contributed by atoms with Crippen molar-refractivity contribution in [3.63, 3.8) is 0 Å². The zero-order valence-corrected chi connectivity index (χ0v) is 17.7. The van der Waals surface area contributed by atoms with Crippen molar-refractivity contribution in [1.29, 1.82) is 0 Å². The van der Waals surface area contributed by atoms with Gasteiger partial charge in [-0.1, -0.05) is 13.8 Å². The summed E-state index contributed by atoms with van der Waals surface area (Å²) in [5, 5.41) is 0. The number of Topliss-reactive ketones (excluding diaryl/α,β-unsaturated/α-hetero) is 1. The van der Waals surface area contributed by atoms with Crippen molar-refractivity contribution in [1.82, 2.24) is 0 Å². The first kappa shape index (κ1) is 19.9. The lowest BCUT2D eigenvalue weighted by atomic mass is 9.45. The first-order chi connectivity index (χ1) is 13.1. The molecule has 5 nitrogen and oxygen atoms in total. The zero-order chi connectivity index (χ0) is 20.3. The third-order valence-corrected chi connectivity index (χ3v) is 8.98. The summed E-state index contributed by atoms with van der Waals surface area (Å²) in [6.07, 6.45) is 7.21. The molecule has 4 fully saturated rings. The van der Waals surface area contributed by atoms with Crippen LogP contribution in [0.2, 0.25) is 0 Å². The Morgan fingerprint density at radius 2 is 1.54 bits per heavy atom. The zero-order valence-electron chi connectivity index (χ0n) is 17.7. The molecule has 0 bridgehead atoms. The number of carbonyl (C=O) groups is 3. The van der Waals surface area contributed by atoms with Crippen molar-refractivity contribution >= 4 is 17.7 Å². The Balaban J connectivity index is 1.57. The lowest BCUT2D eigenvalue weighted by Gasteiger charge is -2.59. The molecule has 0 spiro atoms. The van der Waals surface area contributed by atoms with Crippen LogP contribution in [0.4, 0.5) is 0 Å². The van der Waals surface area contributed by atoms with Crippen LogP contribution in [0.15, 0.2) is 0 Å². The highest BCUT2D eigenvalue weighted by Gasteiger charge is 2.63. The summed E-state index contributed by atoms with van der Waals surface area (Å²) in [6, 6.07) is 0. The minimum Gasteiger partial charge on any atom is -0.463 e. The Morgan fingerprint density at radius 3 is 2.21 bits per heavy atom. The minimum atomic E-state index is -0.218. The van der Waals surface area contributed by atoms with Gasteiger partial charge in [-0.25, -0.2) is 0 Å². The van der Waals surface area contributed by atoms with E-state index in [1.165, 1.54) is 13.8 Å². The first-order valence-corrected chi connectivity index (χ1v) is 11.0. The highest BCUT2D eigenvalue weighted by molar-refractivity contribution is 5.83. The molecule has 28 heavy (non-hydrogen) atoms. The van der Waals surface area contributed by atoms with Gasteiger partial charge in [0.15, 0.2) is 0 Å². The molecule has 0 aromatic heterocycles. The van der Waals surface area contributed by atoms with E-state index in [9.17, 15) is 14.4 Å². The van der Waals surface area contributed by atoms with E-state index in [4.69, 9.17) is 9.47 Å². The van der Waals surface area contributed by atoms with Crippen LogP contribution in [-0.2, 0) is 23.9 Å². The smallest absolute Gasteiger partial charge is 0.302 e. The van der Waals surface area contributed by atoms with Crippen LogP contribution in [0.5, 0.6) is 0 Å². The molecule has 5 heteroatoms. The predicted octanol–water partition coefficient (Wildman–Crippen LogP) is 4.07. The molecular weight excluding hydrogens is 356 g/mol. The molecule has 0 aromatic carbocycles. The van der Waals surface area contributed by atoms with Crippen LogP contribution in [0.25, 0.3) is 0 Å². The predicted molar refractivity (Wildman–Crippen MR) is 103 cm³/mol. The summed E-state index contributed by atoms with van der Waals surface area (Å²) in [5.41, 5.74) is 0.0801. The van der Waals surface area contributed by atoms with Crippen LogP contribution in [0, 0.1) is 34.5 Å². The minimum absolute atomic E-state index is 0.0337. The third-order valence-electron chi connectivity index (χ3n) is 8.98. The average Bonchev–Trinajstić information content (AvgIpc) is 2.92. The Morgan fingerprint density at radius 1 is 0.893 bits per heavy atom. The van der Waals surface area contributed by atoms with E-state index in [-0.39, 0.29) is 40.9 Å². The average molecular weight is 391 g/mol. The fourth-order valence-corrected chi connectivity index (χ4v) is 7.58. The van der Waals surface area contributed by atoms with Gasteiger partial charge in [-0.3, -0.25) is 14.4 Å². The fourth-order valence-electron chi connectivity index (χ4n) is 7.58. The molecule has 0 N–H and O–H groups in total. The Kier molecular flexibility index (Phi) is 4.86. The molecule has 4 saturated carbocycles. The van der Waals surface area contributed by atoms with Crippen LogP contribution < -0.4 is 0 Å². The van der Waals surface area contributed by atoms with Gasteiger partial charge in [-0.15, -0.1) is 0 Å². The third kappa shape index (κ3) is 3.00. The number of rotatable bonds is 2. The summed E-state index contributed by atoms with van der Waals surface area (Å²) in [5.74, 6) is 1.12. The maximum atomic E-state index is 13.4. The van der Waals surface area contributed by atoms with E-state index in [1.54, 1.807) is 0 Å². The summed E-state index contributed by atoms with van der Waals surface area (Å²) in [4.78, 5) is 36.3. The first-order valence-electron chi connectivity index (χ1n) is 11.0. The normalized spacial score (nSPS) is 47.5. The molecular formula is C23H34O5. The molecule has 0 amide bonds. The standard InChI is InChI=1S/C23H34O5/c1-13(24)27-16-7-9-22(3)15(11-16)12-19(26)21-17-5-6-20(28-14(2)25)23(17,4)10-8-18(21)22/h15-18,20-21H,5-12H2,1-4H3/t15-,16+,17+,18-,20-,21-,22-,23-/m0/s1. The van der Waals surface area contributed by atoms with Crippen LogP contribution in [0.1, 0.15) is 79.1 Å². The van der Waals surface area contributed by atoms with Crippen molar-refractivity contribution < 1.29 is 23.9 Å². The number of ether oxygens (including phenoxy) is 2. The van der Waals surface area contributed by atoms with Gasteiger partial charge >= 0.3 is 11.9 Å². The molecule has 0 aromatic rings. The second-order valence-corrected chi connectivity index (χ2v) is 10.3. The molecule has 8 atom stereocenters. The number of carbonyl (C=O) groups excluding carboxylic acids is 3. The molecule has 0 radical (unpaired) electrons. The van der Waals surface area contributed by atoms with Crippen molar-refractivity contribution in [2.45, 2.75) is 91.3 Å². The number of fused-ring (bicyclic) bond motifs is 5. The lowest BCUT2D eigenvalue weighted by Crippen LogP contribution is -2.58. The molecule has 4 aliphatic carbocycles. The molecule has 156 valence electrons. The maximum Gasteiger partial charge on any atom is 0.302 e. The van der Waals surface area contributed by atoms with Gasteiger partial charge < -0.3 is 9.47 Å². The van der Waals surface area contributed by atoms with Crippen molar-refractivity contribution in [2.75, 3.05) is 0 Å². The van der Waals surface area contributed by atoms with Gasteiger partial charge in [-0.2, -0.15) is 0 Å². The van der Waals surface area contributed by atoms with Crippen LogP contribution in [-0.4, -0.2) is 29.9 Å². The van der Waals surface area contributed by atoms with E-state index in [0.717, 1.165) is 44.9 Å². The van der Waals surface area contributed by atoms with E-state index >= 15 is 0 Å². The van der Waals surface area contributed by atoms with Gasteiger partial charge in [-0.05, 0) is 68.1 Å². The number of hydrogen-bond donors (Lipinski definition) is 0. The van der Waals surface area contributed by atoms with Gasteiger partial charge in [0.25, 0.3) is 0 Å². The second-order valence-electron chi connectivity index (χ2n) is 10.3. The van der Waals surface area contributed by atoms with Crippen LogP contribution >= 0.6 is 0 Å². The van der Waals surface area contributed by atoms with E-state index in [0.29, 0.717) is 30.0 Å². The molecule has 0 heterocycles. The summed E-state index contributed by atoms with van der Waals surface area (Å²) in [7, 11) is 0. The molecule has 0 aliphatic heterocycles. The second kappa shape index (κ2) is 6.84. The van der Waals surface area contributed by atoms with E-state index in [2.05, 4.69) is 13.8 Å². The Labute approximate surface area is 167 Å². The van der Waals surface area contributed by atoms with Crippen molar-refractivity contribution in [3.8, 4) is 0 Å². The maximum absolute atomic E-state index is 13.4. The van der Waals surface area contributed by atoms with Gasteiger partial charge in [0.1, 0.15) is 18.0 Å². The van der Waals surface area contributed by atoms with Gasteiger partial charge in [0, 0.05) is 31.6 Å². The van der Waals surface area contributed by atoms with E-state index < -0.39 is 0 Å². The van der Waals surface area contributed by atoms with Gasteiger partial charge in [0.2, 0.25) is 0 Å². The summed E-state index contributed by atoms with van der Waals surface area (Å²) in [6.45, 7) is 7.58. The lowest BCUT2D eigenvalue weighted by molar-refractivity contribution is -0.173. The fraction of sp³-hybridized carbons (Fsp3) is 0.870. The monoisotopic (exact) mass is 390 g/mol.